The lowest BCUT2D eigenvalue weighted by Crippen LogP contribution is -2.12. The molecule has 0 fully saturated rings. The minimum atomic E-state index is -3.80. The molecular weight excluding hydrogens is 346 g/mol. The SMILES string of the molecule is O=C(c1ccccc1)c1cn(S(=O)(=O)c2ccccc2)c2ccccc12. The van der Waals surface area contributed by atoms with Gasteiger partial charge >= 0.3 is 0 Å². The molecule has 1 heterocycles. The molecule has 0 amide bonds. The van der Waals surface area contributed by atoms with Crippen LogP contribution < -0.4 is 0 Å². The van der Waals surface area contributed by atoms with Crippen LogP contribution >= 0.6 is 0 Å². The third-order valence-corrected chi connectivity index (χ3v) is 5.95. The molecule has 0 saturated heterocycles. The molecule has 4 nitrogen and oxygen atoms in total. The van der Waals surface area contributed by atoms with Gasteiger partial charge in [0.15, 0.2) is 5.78 Å². The highest BCUT2D eigenvalue weighted by molar-refractivity contribution is 7.90. The van der Waals surface area contributed by atoms with Crippen molar-refractivity contribution in [3.05, 3.63) is 102 Å². The summed E-state index contributed by atoms with van der Waals surface area (Å²) in [7, 11) is -3.80. The van der Waals surface area contributed by atoms with Gasteiger partial charge in [-0.3, -0.25) is 4.79 Å². The van der Waals surface area contributed by atoms with Gasteiger partial charge in [-0.2, -0.15) is 0 Å². The van der Waals surface area contributed by atoms with Crippen LogP contribution in [0.3, 0.4) is 0 Å². The standard InChI is InChI=1S/C21H15NO3S/c23-21(16-9-3-1-4-10-16)19-15-22(20-14-8-7-13-18(19)20)26(24,25)17-11-5-2-6-12-17/h1-15H. The van der Waals surface area contributed by atoms with Crippen molar-refractivity contribution in [1.82, 2.24) is 3.97 Å². The first-order chi connectivity index (χ1) is 12.6. The minimum Gasteiger partial charge on any atom is -0.289 e. The maximum absolute atomic E-state index is 13.1. The molecule has 0 unspecified atom stereocenters. The van der Waals surface area contributed by atoms with Gasteiger partial charge in [0.25, 0.3) is 10.0 Å². The normalized spacial score (nSPS) is 11.5. The second-order valence-corrected chi connectivity index (χ2v) is 7.68. The Morgan fingerprint density at radius 3 is 2.00 bits per heavy atom. The molecule has 0 radical (unpaired) electrons. The minimum absolute atomic E-state index is 0.180. The Morgan fingerprint density at radius 1 is 0.731 bits per heavy atom. The van der Waals surface area contributed by atoms with Crippen LogP contribution in [0.4, 0.5) is 0 Å². The average Bonchev–Trinajstić information content (AvgIpc) is 3.09. The Hall–Kier alpha value is -3.18. The van der Waals surface area contributed by atoms with Crippen LogP contribution in [0.5, 0.6) is 0 Å². The molecule has 0 aliphatic heterocycles. The summed E-state index contributed by atoms with van der Waals surface area (Å²) in [6.45, 7) is 0. The van der Waals surface area contributed by atoms with Crippen LogP contribution in [-0.2, 0) is 10.0 Å². The molecule has 0 bridgehead atoms. The van der Waals surface area contributed by atoms with E-state index in [1.54, 1.807) is 78.9 Å². The number of benzene rings is 3. The van der Waals surface area contributed by atoms with Gasteiger partial charge in [-0.1, -0.05) is 66.7 Å². The zero-order chi connectivity index (χ0) is 18.1. The Morgan fingerprint density at radius 2 is 1.31 bits per heavy atom. The first kappa shape index (κ1) is 16.3. The molecule has 0 atom stereocenters. The van der Waals surface area contributed by atoms with Crippen molar-refractivity contribution in [2.45, 2.75) is 4.90 Å². The Bertz CT molecular complexity index is 1190. The number of carbonyl (C=O) groups is 1. The topological polar surface area (TPSA) is 56.1 Å². The predicted octanol–water partition coefficient (Wildman–Crippen LogP) is 4.11. The van der Waals surface area contributed by atoms with Crippen molar-refractivity contribution in [3.63, 3.8) is 0 Å². The summed E-state index contributed by atoms with van der Waals surface area (Å²) < 4.78 is 27.3. The lowest BCUT2D eigenvalue weighted by atomic mass is 10.0. The molecule has 26 heavy (non-hydrogen) atoms. The van der Waals surface area contributed by atoms with Gasteiger partial charge in [0, 0.05) is 22.7 Å². The van der Waals surface area contributed by atoms with Gasteiger partial charge in [0.2, 0.25) is 0 Å². The van der Waals surface area contributed by atoms with Crippen LogP contribution in [0.15, 0.2) is 96.0 Å². The monoisotopic (exact) mass is 361 g/mol. The summed E-state index contributed by atoms with van der Waals surface area (Å²) in [4.78, 5) is 13.1. The third kappa shape index (κ3) is 2.62. The molecule has 1 aromatic heterocycles. The van der Waals surface area contributed by atoms with Crippen LogP contribution in [0, 0.1) is 0 Å². The van der Waals surface area contributed by atoms with E-state index in [4.69, 9.17) is 0 Å². The van der Waals surface area contributed by atoms with Crippen molar-refractivity contribution in [2.75, 3.05) is 0 Å². The summed E-state index contributed by atoms with van der Waals surface area (Å²) in [6.07, 6.45) is 1.42. The van der Waals surface area contributed by atoms with Gasteiger partial charge in [-0.05, 0) is 18.2 Å². The molecule has 0 saturated carbocycles. The number of para-hydroxylation sites is 1. The van der Waals surface area contributed by atoms with Gasteiger partial charge in [0.1, 0.15) is 0 Å². The summed E-state index contributed by atoms with van der Waals surface area (Å²) in [6, 6.07) is 24.1. The van der Waals surface area contributed by atoms with E-state index in [0.717, 1.165) is 0 Å². The Balaban J connectivity index is 1.95. The smallest absolute Gasteiger partial charge is 0.268 e. The van der Waals surface area contributed by atoms with E-state index < -0.39 is 10.0 Å². The number of hydrogen-bond acceptors (Lipinski definition) is 3. The molecule has 0 aliphatic rings. The number of carbonyl (C=O) groups excluding carboxylic acids is 1. The first-order valence-corrected chi connectivity index (χ1v) is 9.53. The van der Waals surface area contributed by atoms with Gasteiger partial charge in [0.05, 0.1) is 10.4 Å². The van der Waals surface area contributed by atoms with E-state index in [-0.39, 0.29) is 10.7 Å². The van der Waals surface area contributed by atoms with Crippen molar-refractivity contribution >= 4 is 26.7 Å². The number of fused-ring (bicyclic) bond motifs is 1. The molecule has 4 rings (SSSR count). The summed E-state index contributed by atoms with van der Waals surface area (Å²) in [5.74, 6) is -0.205. The highest BCUT2D eigenvalue weighted by Gasteiger charge is 2.23. The maximum atomic E-state index is 13.1. The predicted molar refractivity (Wildman–Crippen MR) is 101 cm³/mol. The van der Waals surface area contributed by atoms with E-state index in [9.17, 15) is 13.2 Å². The van der Waals surface area contributed by atoms with E-state index in [2.05, 4.69) is 0 Å². The fourth-order valence-electron chi connectivity index (χ4n) is 2.98. The van der Waals surface area contributed by atoms with E-state index in [0.29, 0.717) is 22.0 Å². The molecule has 128 valence electrons. The number of aromatic nitrogens is 1. The third-order valence-electron chi connectivity index (χ3n) is 4.26. The highest BCUT2D eigenvalue weighted by Crippen LogP contribution is 2.27. The summed E-state index contributed by atoms with van der Waals surface area (Å²) in [5.41, 5.74) is 1.37. The first-order valence-electron chi connectivity index (χ1n) is 8.09. The summed E-state index contributed by atoms with van der Waals surface area (Å²) in [5, 5.41) is 0.612. The molecular formula is C21H15NO3S. The van der Waals surface area contributed by atoms with Crippen molar-refractivity contribution < 1.29 is 13.2 Å². The number of rotatable bonds is 4. The lowest BCUT2D eigenvalue weighted by Gasteiger charge is -2.07. The molecule has 0 N–H and O–H groups in total. The van der Waals surface area contributed by atoms with Crippen LogP contribution in [0.2, 0.25) is 0 Å². The van der Waals surface area contributed by atoms with Crippen LogP contribution in [-0.4, -0.2) is 18.2 Å². The maximum Gasteiger partial charge on any atom is 0.268 e. The van der Waals surface area contributed by atoms with Crippen LogP contribution in [0.1, 0.15) is 15.9 Å². The Labute approximate surface area is 151 Å². The van der Waals surface area contributed by atoms with E-state index in [1.807, 2.05) is 6.07 Å². The van der Waals surface area contributed by atoms with Gasteiger partial charge in [-0.15, -0.1) is 0 Å². The lowest BCUT2D eigenvalue weighted by molar-refractivity contribution is 0.104. The van der Waals surface area contributed by atoms with Crippen LogP contribution in [0.25, 0.3) is 10.9 Å². The fourth-order valence-corrected chi connectivity index (χ4v) is 4.37. The number of hydrogen-bond donors (Lipinski definition) is 0. The average molecular weight is 361 g/mol. The number of ketones is 1. The molecule has 3 aromatic carbocycles. The molecule has 4 aromatic rings. The second-order valence-electron chi connectivity index (χ2n) is 5.87. The van der Waals surface area contributed by atoms with Crippen molar-refractivity contribution in [3.8, 4) is 0 Å². The van der Waals surface area contributed by atoms with Gasteiger partial charge < -0.3 is 0 Å². The zero-order valence-electron chi connectivity index (χ0n) is 13.7. The largest absolute Gasteiger partial charge is 0.289 e. The number of nitrogens with zero attached hydrogens (tertiary/aromatic N) is 1. The zero-order valence-corrected chi connectivity index (χ0v) is 14.6. The molecule has 5 heteroatoms. The van der Waals surface area contributed by atoms with E-state index >= 15 is 0 Å². The molecule has 0 spiro atoms. The van der Waals surface area contributed by atoms with Gasteiger partial charge in [-0.25, -0.2) is 12.4 Å². The van der Waals surface area contributed by atoms with E-state index in [1.165, 1.54) is 10.2 Å². The second kappa shape index (κ2) is 6.28. The molecule has 0 aliphatic carbocycles. The Kier molecular flexibility index (Phi) is 3.93. The van der Waals surface area contributed by atoms with Crippen molar-refractivity contribution in [2.24, 2.45) is 0 Å². The quantitative estimate of drug-likeness (QED) is 0.514. The van der Waals surface area contributed by atoms with Crippen molar-refractivity contribution in [1.29, 1.82) is 0 Å². The fraction of sp³-hybridized carbons (Fsp3) is 0. The highest BCUT2D eigenvalue weighted by atomic mass is 32.2. The summed E-state index contributed by atoms with van der Waals surface area (Å²) >= 11 is 0.